The van der Waals surface area contributed by atoms with Crippen molar-refractivity contribution in [2.24, 2.45) is 16.8 Å². The van der Waals surface area contributed by atoms with Gasteiger partial charge in [0.25, 0.3) is 0 Å². The zero-order chi connectivity index (χ0) is 14.1. The van der Waals surface area contributed by atoms with Crippen molar-refractivity contribution in [1.29, 1.82) is 0 Å². The quantitative estimate of drug-likeness (QED) is 0.412. The lowest BCUT2D eigenvalue weighted by molar-refractivity contribution is 0.179. The number of hydrogen-bond acceptors (Lipinski definition) is 2. The van der Waals surface area contributed by atoms with E-state index in [1.165, 1.54) is 25.7 Å². The van der Waals surface area contributed by atoms with Crippen LogP contribution in [-0.4, -0.2) is 38.8 Å². The SMILES string of the molecule is CCNC(=NCC1CCC(C)CC1)NC(C)COC.I. The summed E-state index contributed by atoms with van der Waals surface area (Å²) in [6.07, 6.45) is 5.39. The van der Waals surface area contributed by atoms with Gasteiger partial charge in [-0.15, -0.1) is 24.0 Å². The van der Waals surface area contributed by atoms with E-state index in [1.807, 2.05) is 0 Å². The average molecular weight is 397 g/mol. The lowest BCUT2D eigenvalue weighted by Crippen LogP contribution is -2.44. The highest BCUT2D eigenvalue weighted by atomic mass is 127. The molecule has 0 bridgehead atoms. The van der Waals surface area contributed by atoms with Gasteiger partial charge in [-0.2, -0.15) is 0 Å². The van der Waals surface area contributed by atoms with Crippen molar-refractivity contribution in [3.63, 3.8) is 0 Å². The van der Waals surface area contributed by atoms with Crippen LogP contribution in [0.2, 0.25) is 0 Å². The molecule has 1 saturated carbocycles. The first-order chi connectivity index (χ1) is 9.15. The first-order valence-electron chi connectivity index (χ1n) is 7.69. The Labute approximate surface area is 141 Å². The summed E-state index contributed by atoms with van der Waals surface area (Å²) in [5.41, 5.74) is 0. The van der Waals surface area contributed by atoms with Crippen molar-refractivity contribution in [3.8, 4) is 0 Å². The van der Waals surface area contributed by atoms with E-state index >= 15 is 0 Å². The lowest BCUT2D eigenvalue weighted by Gasteiger charge is -2.25. The van der Waals surface area contributed by atoms with Gasteiger partial charge in [0.05, 0.1) is 6.61 Å². The summed E-state index contributed by atoms with van der Waals surface area (Å²) in [6, 6.07) is 0.286. The van der Waals surface area contributed by atoms with Crippen molar-refractivity contribution in [1.82, 2.24) is 10.6 Å². The molecule has 1 unspecified atom stereocenters. The Balaban J connectivity index is 0.00000361. The Morgan fingerprint density at radius 2 is 1.95 bits per heavy atom. The number of guanidine groups is 1. The number of halogens is 1. The molecule has 1 aliphatic rings. The summed E-state index contributed by atoms with van der Waals surface area (Å²) in [5, 5.41) is 6.68. The summed E-state index contributed by atoms with van der Waals surface area (Å²) in [4.78, 5) is 4.72. The molecule has 0 heterocycles. The molecule has 20 heavy (non-hydrogen) atoms. The molecule has 5 heteroatoms. The van der Waals surface area contributed by atoms with Gasteiger partial charge in [0.1, 0.15) is 0 Å². The van der Waals surface area contributed by atoms with Crippen LogP contribution in [0, 0.1) is 11.8 Å². The Morgan fingerprint density at radius 1 is 1.30 bits per heavy atom. The van der Waals surface area contributed by atoms with Crippen LogP contribution in [0.4, 0.5) is 0 Å². The fourth-order valence-corrected chi connectivity index (χ4v) is 2.58. The molecule has 0 aromatic rings. The molecule has 4 nitrogen and oxygen atoms in total. The van der Waals surface area contributed by atoms with Crippen molar-refractivity contribution >= 4 is 29.9 Å². The van der Waals surface area contributed by atoms with E-state index in [1.54, 1.807) is 7.11 Å². The normalized spacial score (nSPS) is 24.7. The highest BCUT2D eigenvalue weighted by molar-refractivity contribution is 14.0. The molecule has 0 aromatic heterocycles. The number of aliphatic imine (C=N–C) groups is 1. The van der Waals surface area contributed by atoms with E-state index in [-0.39, 0.29) is 30.0 Å². The summed E-state index contributed by atoms with van der Waals surface area (Å²) in [7, 11) is 1.73. The van der Waals surface area contributed by atoms with E-state index in [9.17, 15) is 0 Å². The Morgan fingerprint density at radius 3 is 2.50 bits per heavy atom. The predicted octanol–water partition coefficient (Wildman–Crippen LogP) is 3.02. The van der Waals surface area contributed by atoms with E-state index in [0.717, 1.165) is 30.9 Å². The largest absolute Gasteiger partial charge is 0.383 e. The Bertz CT molecular complexity index is 266. The molecule has 0 aromatic carbocycles. The second-order valence-electron chi connectivity index (χ2n) is 5.85. The van der Waals surface area contributed by atoms with Crippen molar-refractivity contribution < 1.29 is 4.74 Å². The fraction of sp³-hybridized carbons (Fsp3) is 0.933. The summed E-state index contributed by atoms with van der Waals surface area (Å²) in [6.45, 7) is 9.11. The van der Waals surface area contributed by atoms with Crippen molar-refractivity contribution in [3.05, 3.63) is 0 Å². The summed E-state index contributed by atoms with van der Waals surface area (Å²) < 4.78 is 5.14. The predicted molar refractivity (Wildman–Crippen MR) is 97.0 cm³/mol. The van der Waals surface area contributed by atoms with Gasteiger partial charge in [0.2, 0.25) is 0 Å². The molecule has 1 fully saturated rings. The third kappa shape index (κ3) is 8.29. The maximum absolute atomic E-state index is 5.14. The maximum atomic E-state index is 5.14. The van der Waals surface area contributed by atoms with Gasteiger partial charge in [-0.25, -0.2) is 0 Å². The second kappa shape index (κ2) is 11.6. The summed E-state index contributed by atoms with van der Waals surface area (Å²) >= 11 is 0. The molecule has 0 spiro atoms. The molecular formula is C15H32IN3O. The van der Waals surface area contributed by atoms with Gasteiger partial charge in [0.15, 0.2) is 5.96 Å². The van der Waals surface area contributed by atoms with Gasteiger partial charge < -0.3 is 15.4 Å². The highest BCUT2D eigenvalue weighted by Gasteiger charge is 2.17. The molecule has 1 aliphatic carbocycles. The molecule has 1 rings (SSSR count). The molecular weight excluding hydrogens is 365 g/mol. The van der Waals surface area contributed by atoms with Gasteiger partial charge in [-0.3, -0.25) is 4.99 Å². The number of nitrogens with zero attached hydrogens (tertiary/aromatic N) is 1. The van der Waals surface area contributed by atoms with Crippen LogP contribution in [0.1, 0.15) is 46.5 Å². The second-order valence-corrected chi connectivity index (χ2v) is 5.85. The van der Waals surface area contributed by atoms with Gasteiger partial charge in [0, 0.05) is 26.2 Å². The monoisotopic (exact) mass is 397 g/mol. The van der Waals surface area contributed by atoms with E-state index in [0.29, 0.717) is 6.61 Å². The number of ether oxygens (including phenoxy) is 1. The smallest absolute Gasteiger partial charge is 0.191 e. The minimum Gasteiger partial charge on any atom is -0.383 e. The van der Waals surface area contributed by atoms with Gasteiger partial charge in [-0.1, -0.05) is 19.8 Å². The number of methoxy groups -OCH3 is 1. The minimum absolute atomic E-state index is 0. The van der Waals surface area contributed by atoms with Crippen molar-refractivity contribution in [2.75, 3.05) is 26.8 Å². The maximum Gasteiger partial charge on any atom is 0.191 e. The van der Waals surface area contributed by atoms with Crippen molar-refractivity contribution in [2.45, 2.75) is 52.5 Å². The third-order valence-corrected chi connectivity index (χ3v) is 3.79. The first-order valence-corrected chi connectivity index (χ1v) is 7.69. The Hall–Kier alpha value is -0.0400. The molecule has 2 N–H and O–H groups in total. The van der Waals surface area contributed by atoms with E-state index in [2.05, 4.69) is 31.4 Å². The molecule has 120 valence electrons. The number of rotatable bonds is 6. The zero-order valence-corrected chi connectivity index (χ0v) is 15.8. The molecule has 0 aliphatic heterocycles. The van der Waals surface area contributed by atoms with Crippen LogP contribution in [-0.2, 0) is 4.74 Å². The summed E-state index contributed by atoms with van der Waals surface area (Å²) in [5.74, 6) is 2.60. The highest BCUT2D eigenvalue weighted by Crippen LogP contribution is 2.28. The standard InChI is InChI=1S/C15H31N3O.HI/c1-5-16-15(18-13(3)11-19-4)17-10-14-8-6-12(2)7-9-14;/h12-14H,5-11H2,1-4H3,(H2,16,17,18);1H. The van der Waals surface area contributed by atoms with E-state index < -0.39 is 0 Å². The topological polar surface area (TPSA) is 45.7 Å². The van der Waals surface area contributed by atoms with Crippen LogP contribution in [0.15, 0.2) is 4.99 Å². The van der Waals surface area contributed by atoms with Crippen LogP contribution in [0.5, 0.6) is 0 Å². The average Bonchev–Trinajstić information content (AvgIpc) is 2.38. The van der Waals surface area contributed by atoms with Crippen LogP contribution in [0.25, 0.3) is 0 Å². The van der Waals surface area contributed by atoms with E-state index in [4.69, 9.17) is 9.73 Å². The minimum atomic E-state index is 0. The number of nitrogens with one attached hydrogen (secondary N) is 2. The first kappa shape index (κ1) is 20.0. The van der Waals surface area contributed by atoms with Crippen LogP contribution < -0.4 is 10.6 Å². The van der Waals surface area contributed by atoms with Gasteiger partial charge >= 0.3 is 0 Å². The lowest BCUT2D eigenvalue weighted by atomic mass is 9.83. The fourth-order valence-electron chi connectivity index (χ4n) is 2.58. The molecule has 1 atom stereocenters. The van der Waals surface area contributed by atoms with Gasteiger partial charge in [-0.05, 0) is 38.5 Å². The molecule has 0 radical (unpaired) electrons. The zero-order valence-electron chi connectivity index (χ0n) is 13.4. The third-order valence-electron chi connectivity index (χ3n) is 3.79. The van der Waals surface area contributed by atoms with Crippen LogP contribution >= 0.6 is 24.0 Å². The van der Waals surface area contributed by atoms with Crippen LogP contribution in [0.3, 0.4) is 0 Å². The number of hydrogen-bond donors (Lipinski definition) is 2. The molecule has 0 saturated heterocycles. The molecule has 0 amide bonds. The Kier molecular flexibility index (Phi) is 11.6.